The number of carbonyl (C=O) groups excluding carboxylic acids is 2. The van der Waals surface area contributed by atoms with Crippen molar-refractivity contribution in [1.29, 1.82) is 0 Å². The summed E-state index contributed by atoms with van der Waals surface area (Å²) in [5.41, 5.74) is 2.95. The van der Waals surface area contributed by atoms with Crippen LogP contribution >= 0.6 is 0 Å². The summed E-state index contributed by atoms with van der Waals surface area (Å²) in [7, 11) is 0. The van der Waals surface area contributed by atoms with E-state index in [9.17, 15) is 19.1 Å². The van der Waals surface area contributed by atoms with Gasteiger partial charge in [0.2, 0.25) is 0 Å². The fourth-order valence-corrected chi connectivity index (χ4v) is 3.68. The maximum absolute atomic E-state index is 13.3. The highest BCUT2D eigenvalue weighted by Gasteiger charge is 2.45. The van der Waals surface area contributed by atoms with Crippen LogP contribution < -0.4 is 0 Å². The Morgan fingerprint density at radius 2 is 1.57 bits per heavy atom. The molecule has 0 aliphatic carbocycles. The first-order valence-electron chi connectivity index (χ1n) is 9.60. The molecule has 1 aliphatic heterocycles. The van der Waals surface area contributed by atoms with Crippen molar-refractivity contribution in [3.8, 4) is 0 Å². The Kier molecular flexibility index (Phi) is 5.19. The summed E-state index contributed by atoms with van der Waals surface area (Å²) >= 11 is 0. The minimum absolute atomic E-state index is 0.0529. The summed E-state index contributed by atoms with van der Waals surface area (Å²) in [5.74, 6) is -2.01. The maximum atomic E-state index is 13.3. The Bertz CT molecular complexity index is 1120. The number of amides is 1. The molecule has 1 aliphatic rings. The number of aliphatic hydroxyl groups excluding tert-OH is 1. The third kappa shape index (κ3) is 3.62. The van der Waals surface area contributed by atoms with Gasteiger partial charge in [0.05, 0.1) is 11.6 Å². The number of halogens is 1. The molecule has 3 aromatic carbocycles. The van der Waals surface area contributed by atoms with Gasteiger partial charge in [-0.1, -0.05) is 72.3 Å². The van der Waals surface area contributed by atoms with Crippen LogP contribution in [0.3, 0.4) is 0 Å². The zero-order chi connectivity index (χ0) is 21.3. The smallest absolute Gasteiger partial charge is 0.295 e. The van der Waals surface area contributed by atoms with Crippen LogP contribution in [0.2, 0.25) is 0 Å². The Labute approximate surface area is 173 Å². The highest BCUT2D eigenvalue weighted by molar-refractivity contribution is 6.46. The number of carbonyl (C=O) groups is 2. The summed E-state index contributed by atoms with van der Waals surface area (Å²) in [6.07, 6.45) is 0. The van der Waals surface area contributed by atoms with Crippen LogP contribution in [-0.4, -0.2) is 21.7 Å². The zero-order valence-electron chi connectivity index (χ0n) is 16.4. The van der Waals surface area contributed by atoms with Crippen LogP contribution in [0.1, 0.15) is 28.3 Å². The van der Waals surface area contributed by atoms with Gasteiger partial charge >= 0.3 is 0 Å². The third-order valence-electron chi connectivity index (χ3n) is 5.25. The first kappa shape index (κ1) is 19.6. The van der Waals surface area contributed by atoms with Gasteiger partial charge in [-0.2, -0.15) is 0 Å². The molecule has 1 fully saturated rings. The van der Waals surface area contributed by atoms with Crippen LogP contribution in [0, 0.1) is 12.7 Å². The Hall–Kier alpha value is -3.73. The van der Waals surface area contributed by atoms with E-state index in [-0.39, 0.29) is 23.7 Å². The number of Topliss-reactive ketones (excluding diaryl/α,β-unsaturated/α-hetero) is 1. The molecule has 150 valence electrons. The molecule has 30 heavy (non-hydrogen) atoms. The summed E-state index contributed by atoms with van der Waals surface area (Å²) in [5, 5.41) is 11.0. The van der Waals surface area contributed by atoms with Crippen molar-refractivity contribution in [1.82, 2.24) is 4.90 Å². The molecular formula is C25H20FNO3. The molecule has 1 atom stereocenters. The average Bonchev–Trinajstić information content (AvgIpc) is 3.01. The van der Waals surface area contributed by atoms with Gasteiger partial charge in [-0.05, 0) is 30.2 Å². The van der Waals surface area contributed by atoms with Crippen LogP contribution in [0.4, 0.5) is 4.39 Å². The Morgan fingerprint density at radius 1 is 0.933 bits per heavy atom. The number of likely N-dealkylation sites (tertiary alicyclic amines) is 1. The predicted octanol–water partition coefficient (Wildman–Crippen LogP) is 4.76. The second-order valence-corrected chi connectivity index (χ2v) is 7.33. The van der Waals surface area contributed by atoms with E-state index in [0.29, 0.717) is 16.7 Å². The second kappa shape index (κ2) is 7.95. The molecule has 1 unspecified atom stereocenters. The number of hydrogen-bond donors (Lipinski definition) is 1. The SMILES string of the molecule is Cc1ccc(/C(O)=C2/C(=O)C(=O)N(Cc3ccc(F)cc3)C2c2ccccc2)cc1. The van der Waals surface area contributed by atoms with E-state index in [2.05, 4.69) is 0 Å². The van der Waals surface area contributed by atoms with Crippen LogP contribution in [0.5, 0.6) is 0 Å². The van der Waals surface area contributed by atoms with Crippen molar-refractivity contribution < 1.29 is 19.1 Å². The monoisotopic (exact) mass is 401 g/mol. The fraction of sp³-hybridized carbons (Fsp3) is 0.120. The van der Waals surface area contributed by atoms with Gasteiger partial charge in [0, 0.05) is 12.1 Å². The molecule has 0 radical (unpaired) electrons. The van der Waals surface area contributed by atoms with Gasteiger partial charge in [0.15, 0.2) is 0 Å². The minimum Gasteiger partial charge on any atom is -0.507 e. The molecule has 5 heteroatoms. The number of ketones is 1. The normalized spacial score (nSPS) is 18.1. The maximum Gasteiger partial charge on any atom is 0.295 e. The number of nitrogens with zero attached hydrogens (tertiary/aromatic N) is 1. The molecule has 0 aromatic heterocycles. The van der Waals surface area contributed by atoms with E-state index in [1.807, 2.05) is 49.4 Å². The largest absolute Gasteiger partial charge is 0.507 e. The molecule has 4 rings (SSSR count). The number of hydrogen-bond acceptors (Lipinski definition) is 3. The summed E-state index contributed by atoms with van der Waals surface area (Å²) in [6.45, 7) is 2.05. The van der Waals surface area contributed by atoms with Crippen molar-refractivity contribution in [3.05, 3.63) is 113 Å². The standard InChI is InChI=1S/C25H20FNO3/c1-16-7-11-19(12-8-16)23(28)21-22(18-5-3-2-4-6-18)27(25(30)24(21)29)15-17-9-13-20(26)14-10-17/h2-14,22,28H,15H2,1H3/b23-21-. The summed E-state index contributed by atoms with van der Waals surface area (Å²) < 4.78 is 13.3. The molecule has 1 saturated heterocycles. The van der Waals surface area contributed by atoms with Gasteiger partial charge < -0.3 is 10.0 Å². The first-order chi connectivity index (χ1) is 14.5. The topological polar surface area (TPSA) is 57.6 Å². The van der Waals surface area contributed by atoms with Crippen LogP contribution in [-0.2, 0) is 16.1 Å². The molecule has 1 amide bonds. The average molecular weight is 401 g/mol. The molecule has 0 bridgehead atoms. The molecular weight excluding hydrogens is 381 g/mol. The van der Waals surface area contributed by atoms with Crippen LogP contribution in [0.15, 0.2) is 84.4 Å². The highest BCUT2D eigenvalue weighted by Crippen LogP contribution is 2.40. The van der Waals surface area contributed by atoms with Crippen LogP contribution in [0.25, 0.3) is 5.76 Å². The number of rotatable bonds is 4. The quantitative estimate of drug-likeness (QED) is 0.390. The van der Waals surface area contributed by atoms with Crippen molar-refractivity contribution >= 4 is 17.4 Å². The number of aliphatic hydroxyl groups is 1. The van der Waals surface area contributed by atoms with E-state index >= 15 is 0 Å². The highest BCUT2D eigenvalue weighted by atomic mass is 19.1. The van der Waals surface area contributed by atoms with Gasteiger partial charge in [-0.25, -0.2) is 4.39 Å². The van der Waals surface area contributed by atoms with Gasteiger partial charge in [-0.3, -0.25) is 9.59 Å². The van der Waals surface area contributed by atoms with Crippen molar-refractivity contribution in [2.75, 3.05) is 0 Å². The van der Waals surface area contributed by atoms with Gasteiger partial charge in [-0.15, -0.1) is 0 Å². The summed E-state index contributed by atoms with van der Waals surface area (Å²) in [6, 6.07) is 21.3. The fourth-order valence-electron chi connectivity index (χ4n) is 3.68. The van der Waals surface area contributed by atoms with E-state index in [1.165, 1.54) is 17.0 Å². The summed E-state index contributed by atoms with van der Waals surface area (Å²) in [4.78, 5) is 27.3. The predicted molar refractivity (Wildman–Crippen MR) is 112 cm³/mol. The number of benzene rings is 3. The lowest BCUT2D eigenvalue weighted by molar-refractivity contribution is -0.140. The van der Waals surface area contributed by atoms with Crippen molar-refractivity contribution in [2.24, 2.45) is 0 Å². The Morgan fingerprint density at radius 3 is 2.20 bits per heavy atom. The molecule has 0 spiro atoms. The molecule has 4 nitrogen and oxygen atoms in total. The van der Waals surface area contributed by atoms with E-state index in [4.69, 9.17) is 0 Å². The minimum atomic E-state index is -0.738. The molecule has 1 heterocycles. The third-order valence-corrected chi connectivity index (χ3v) is 5.25. The Balaban J connectivity index is 1.83. The first-order valence-corrected chi connectivity index (χ1v) is 9.60. The van der Waals surface area contributed by atoms with Gasteiger partial charge in [0.1, 0.15) is 11.6 Å². The van der Waals surface area contributed by atoms with E-state index in [1.54, 1.807) is 24.3 Å². The van der Waals surface area contributed by atoms with Crippen molar-refractivity contribution in [3.63, 3.8) is 0 Å². The zero-order valence-corrected chi connectivity index (χ0v) is 16.4. The van der Waals surface area contributed by atoms with E-state index < -0.39 is 17.7 Å². The molecule has 0 saturated carbocycles. The van der Waals surface area contributed by atoms with E-state index in [0.717, 1.165) is 5.56 Å². The second-order valence-electron chi connectivity index (χ2n) is 7.33. The lowest BCUT2D eigenvalue weighted by Crippen LogP contribution is -2.29. The lowest BCUT2D eigenvalue weighted by atomic mass is 9.95. The lowest BCUT2D eigenvalue weighted by Gasteiger charge is -2.25. The van der Waals surface area contributed by atoms with Gasteiger partial charge in [0.25, 0.3) is 11.7 Å². The molecule has 1 N–H and O–H groups in total. The number of aryl methyl sites for hydroxylation is 1. The molecule has 3 aromatic rings. The van der Waals surface area contributed by atoms with Crippen molar-refractivity contribution in [2.45, 2.75) is 19.5 Å².